The number of carbonyl (C=O) groups excluding carboxylic acids is 3. The molecule has 3 amide bonds. The Balaban J connectivity index is 1.45. The van der Waals surface area contributed by atoms with Crippen molar-refractivity contribution < 1.29 is 14.4 Å². The lowest BCUT2D eigenvalue weighted by atomic mass is 9.97. The molecule has 6 nitrogen and oxygen atoms in total. The van der Waals surface area contributed by atoms with Gasteiger partial charge in [-0.2, -0.15) is 0 Å². The van der Waals surface area contributed by atoms with Crippen LogP contribution in [0.5, 0.6) is 0 Å². The molecule has 2 N–H and O–H groups in total. The van der Waals surface area contributed by atoms with Crippen molar-refractivity contribution in [3.63, 3.8) is 0 Å². The molecule has 1 aliphatic carbocycles. The molecule has 1 aromatic rings. The standard InChI is InChI=1S/C20H25N3O3/c24-18-7-4-14-23(18)17-10-8-16(9-11-17)22-20(26)19(25)21-13-12-15-5-2-1-3-6-15/h5,8-11H,1-4,6-7,12-14H2,(H,21,25)(H,22,26). The van der Waals surface area contributed by atoms with E-state index in [1.165, 1.54) is 18.4 Å². The second-order valence-corrected chi connectivity index (χ2v) is 6.76. The van der Waals surface area contributed by atoms with E-state index in [4.69, 9.17) is 0 Å². The molecule has 1 fully saturated rings. The van der Waals surface area contributed by atoms with Gasteiger partial charge >= 0.3 is 11.8 Å². The van der Waals surface area contributed by atoms with Gasteiger partial charge in [-0.3, -0.25) is 14.4 Å². The minimum Gasteiger partial charge on any atom is -0.348 e. The van der Waals surface area contributed by atoms with Crippen LogP contribution in [0.2, 0.25) is 0 Å². The molecule has 1 aromatic carbocycles. The van der Waals surface area contributed by atoms with E-state index in [0.29, 0.717) is 18.7 Å². The zero-order valence-corrected chi connectivity index (χ0v) is 14.9. The molecule has 0 radical (unpaired) electrons. The highest BCUT2D eigenvalue weighted by Crippen LogP contribution is 2.23. The van der Waals surface area contributed by atoms with Gasteiger partial charge in [-0.15, -0.1) is 0 Å². The lowest BCUT2D eigenvalue weighted by Gasteiger charge is -2.16. The summed E-state index contributed by atoms with van der Waals surface area (Å²) < 4.78 is 0. The first-order valence-electron chi connectivity index (χ1n) is 9.31. The number of carbonyl (C=O) groups is 3. The Morgan fingerprint density at radius 1 is 1.00 bits per heavy atom. The molecule has 3 rings (SSSR count). The maximum Gasteiger partial charge on any atom is 0.313 e. The number of hydrogen-bond acceptors (Lipinski definition) is 3. The van der Waals surface area contributed by atoms with Gasteiger partial charge in [-0.1, -0.05) is 11.6 Å². The predicted octanol–water partition coefficient (Wildman–Crippen LogP) is 2.76. The largest absolute Gasteiger partial charge is 0.348 e. The number of nitrogens with zero attached hydrogens (tertiary/aromatic N) is 1. The Morgan fingerprint density at radius 2 is 1.81 bits per heavy atom. The van der Waals surface area contributed by atoms with Gasteiger partial charge < -0.3 is 15.5 Å². The normalized spacial score (nSPS) is 17.0. The van der Waals surface area contributed by atoms with Gasteiger partial charge in [0.2, 0.25) is 5.91 Å². The fourth-order valence-electron chi connectivity index (χ4n) is 3.38. The molecule has 1 aliphatic heterocycles. The molecule has 1 heterocycles. The van der Waals surface area contributed by atoms with E-state index in [-0.39, 0.29) is 5.91 Å². The van der Waals surface area contributed by atoms with Crippen LogP contribution in [0.1, 0.15) is 44.9 Å². The average Bonchev–Trinajstić information content (AvgIpc) is 3.09. The number of benzene rings is 1. The van der Waals surface area contributed by atoms with Crippen molar-refractivity contribution in [3.8, 4) is 0 Å². The molecule has 0 unspecified atom stereocenters. The van der Waals surface area contributed by atoms with Crippen LogP contribution in [0.4, 0.5) is 11.4 Å². The van der Waals surface area contributed by atoms with Crippen molar-refractivity contribution in [1.29, 1.82) is 0 Å². The van der Waals surface area contributed by atoms with Crippen molar-refractivity contribution in [2.24, 2.45) is 0 Å². The zero-order valence-electron chi connectivity index (χ0n) is 14.9. The predicted molar refractivity (Wildman–Crippen MR) is 101 cm³/mol. The molecule has 6 heteroatoms. The molecule has 0 aromatic heterocycles. The van der Waals surface area contributed by atoms with Crippen molar-refractivity contribution in [2.45, 2.75) is 44.9 Å². The highest BCUT2D eigenvalue weighted by Gasteiger charge is 2.21. The van der Waals surface area contributed by atoms with E-state index >= 15 is 0 Å². The van der Waals surface area contributed by atoms with Gasteiger partial charge in [0.25, 0.3) is 0 Å². The molecule has 26 heavy (non-hydrogen) atoms. The van der Waals surface area contributed by atoms with Crippen molar-refractivity contribution >= 4 is 29.1 Å². The summed E-state index contributed by atoms with van der Waals surface area (Å²) in [7, 11) is 0. The van der Waals surface area contributed by atoms with Crippen LogP contribution >= 0.6 is 0 Å². The summed E-state index contributed by atoms with van der Waals surface area (Å²) in [5.41, 5.74) is 2.72. The highest BCUT2D eigenvalue weighted by molar-refractivity contribution is 6.39. The second kappa shape index (κ2) is 8.65. The first kappa shape index (κ1) is 18.2. The maximum atomic E-state index is 12.0. The first-order valence-corrected chi connectivity index (χ1v) is 9.31. The van der Waals surface area contributed by atoms with Crippen molar-refractivity contribution in [3.05, 3.63) is 35.9 Å². The van der Waals surface area contributed by atoms with Gasteiger partial charge in [-0.05, 0) is 62.8 Å². The molecule has 0 saturated carbocycles. The fraction of sp³-hybridized carbons (Fsp3) is 0.450. The summed E-state index contributed by atoms with van der Waals surface area (Å²) in [6.45, 7) is 1.21. The molecule has 0 atom stereocenters. The quantitative estimate of drug-likeness (QED) is 0.630. The summed E-state index contributed by atoms with van der Waals surface area (Å²) in [5, 5.41) is 5.26. The minimum absolute atomic E-state index is 0.120. The van der Waals surface area contributed by atoms with Crippen LogP contribution < -0.4 is 15.5 Å². The zero-order chi connectivity index (χ0) is 18.4. The topological polar surface area (TPSA) is 78.5 Å². The number of hydrogen-bond donors (Lipinski definition) is 2. The van der Waals surface area contributed by atoms with Gasteiger partial charge in [0, 0.05) is 30.9 Å². The third-order valence-electron chi connectivity index (χ3n) is 4.83. The number of nitrogens with one attached hydrogen (secondary N) is 2. The van der Waals surface area contributed by atoms with Crippen LogP contribution in [0.15, 0.2) is 35.9 Å². The van der Waals surface area contributed by atoms with Crippen LogP contribution in [-0.2, 0) is 14.4 Å². The Morgan fingerprint density at radius 3 is 2.46 bits per heavy atom. The van der Waals surface area contributed by atoms with E-state index in [1.807, 2.05) is 0 Å². The Bertz CT molecular complexity index is 710. The molecule has 1 saturated heterocycles. The maximum absolute atomic E-state index is 12.0. The van der Waals surface area contributed by atoms with Crippen molar-refractivity contribution in [1.82, 2.24) is 5.32 Å². The minimum atomic E-state index is -0.673. The fourth-order valence-corrected chi connectivity index (χ4v) is 3.38. The van der Waals surface area contributed by atoms with Gasteiger partial charge in [0.1, 0.15) is 0 Å². The van der Waals surface area contributed by atoms with E-state index in [1.54, 1.807) is 29.2 Å². The Labute approximate surface area is 153 Å². The lowest BCUT2D eigenvalue weighted by molar-refractivity contribution is -0.136. The van der Waals surface area contributed by atoms with E-state index in [0.717, 1.165) is 37.9 Å². The van der Waals surface area contributed by atoms with Gasteiger partial charge in [0.15, 0.2) is 0 Å². The number of amides is 3. The summed E-state index contributed by atoms with van der Waals surface area (Å²) >= 11 is 0. The summed E-state index contributed by atoms with van der Waals surface area (Å²) in [6.07, 6.45) is 9.14. The number of allylic oxidation sites excluding steroid dienone is 1. The molecular formula is C20H25N3O3. The summed E-state index contributed by atoms with van der Waals surface area (Å²) in [5.74, 6) is -1.18. The van der Waals surface area contributed by atoms with E-state index in [2.05, 4.69) is 16.7 Å². The van der Waals surface area contributed by atoms with E-state index in [9.17, 15) is 14.4 Å². The van der Waals surface area contributed by atoms with Crippen LogP contribution in [0.3, 0.4) is 0 Å². The van der Waals surface area contributed by atoms with Crippen LogP contribution in [-0.4, -0.2) is 30.8 Å². The molecular weight excluding hydrogens is 330 g/mol. The van der Waals surface area contributed by atoms with Crippen molar-refractivity contribution in [2.75, 3.05) is 23.3 Å². The SMILES string of the molecule is O=C(NCCC1=CCCCC1)C(=O)Nc1ccc(N2CCCC2=O)cc1. The number of rotatable bonds is 5. The summed E-state index contributed by atoms with van der Waals surface area (Å²) in [6, 6.07) is 6.98. The number of anilines is 2. The average molecular weight is 355 g/mol. The Hall–Kier alpha value is -2.63. The van der Waals surface area contributed by atoms with E-state index < -0.39 is 11.8 Å². The highest BCUT2D eigenvalue weighted by atomic mass is 16.2. The van der Waals surface area contributed by atoms with Gasteiger partial charge in [-0.25, -0.2) is 0 Å². The van der Waals surface area contributed by atoms with Crippen LogP contribution in [0.25, 0.3) is 0 Å². The third kappa shape index (κ3) is 4.71. The second-order valence-electron chi connectivity index (χ2n) is 6.76. The molecule has 0 spiro atoms. The first-order chi connectivity index (χ1) is 12.6. The molecule has 0 bridgehead atoms. The monoisotopic (exact) mass is 355 g/mol. The van der Waals surface area contributed by atoms with Crippen LogP contribution in [0, 0.1) is 0 Å². The molecule has 138 valence electrons. The third-order valence-corrected chi connectivity index (χ3v) is 4.83. The van der Waals surface area contributed by atoms with Gasteiger partial charge in [0.05, 0.1) is 0 Å². The smallest absolute Gasteiger partial charge is 0.313 e. The Kier molecular flexibility index (Phi) is 6.04. The molecule has 2 aliphatic rings. The lowest BCUT2D eigenvalue weighted by Crippen LogP contribution is -2.36. The summed E-state index contributed by atoms with van der Waals surface area (Å²) in [4.78, 5) is 37.4.